The van der Waals surface area contributed by atoms with Gasteiger partial charge in [0.2, 0.25) is 0 Å². The highest BCUT2D eigenvalue weighted by atomic mass is 16.5. The minimum atomic E-state index is 0.0764. The number of rotatable bonds is 5. The van der Waals surface area contributed by atoms with Gasteiger partial charge in [-0.25, -0.2) is 0 Å². The SMILES string of the molecule is CCC(CC)C(C)OC=O. The van der Waals surface area contributed by atoms with E-state index >= 15 is 0 Å². The fourth-order valence-corrected chi connectivity index (χ4v) is 1.15. The lowest BCUT2D eigenvalue weighted by molar-refractivity contribution is -0.135. The van der Waals surface area contributed by atoms with Crippen molar-refractivity contribution in [3.05, 3.63) is 0 Å². The summed E-state index contributed by atoms with van der Waals surface area (Å²) in [6.07, 6.45) is 2.23. The van der Waals surface area contributed by atoms with Gasteiger partial charge in [-0.3, -0.25) is 4.79 Å². The molecule has 0 fully saturated rings. The Morgan fingerprint density at radius 1 is 1.40 bits per heavy atom. The summed E-state index contributed by atoms with van der Waals surface area (Å²) in [5, 5.41) is 0. The lowest BCUT2D eigenvalue weighted by Gasteiger charge is -2.18. The molecule has 0 aromatic rings. The Hall–Kier alpha value is -0.530. The molecule has 0 saturated heterocycles. The first-order valence-electron chi connectivity index (χ1n) is 3.85. The molecule has 0 spiro atoms. The van der Waals surface area contributed by atoms with E-state index < -0.39 is 0 Å². The highest BCUT2D eigenvalue weighted by Crippen LogP contribution is 2.14. The van der Waals surface area contributed by atoms with Crippen LogP contribution in [-0.2, 0) is 9.53 Å². The molecular formula is C8H16O2. The topological polar surface area (TPSA) is 26.3 Å². The molecular weight excluding hydrogens is 128 g/mol. The van der Waals surface area contributed by atoms with Crippen LogP contribution in [0.5, 0.6) is 0 Å². The van der Waals surface area contributed by atoms with Crippen molar-refractivity contribution in [1.82, 2.24) is 0 Å². The van der Waals surface area contributed by atoms with Crippen molar-refractivity contribution >= 4 is 6.47 Å². The highest BCUT2D eigenvalue weighted by Gasteiger charge is 2.12. The number of hydrogen-bond donors (Lipinski definition) is 0. The first-order valence-corrected chi connectivity index (χ1v) is 3.85. The number of hydrogen-bond acceptors (Lipinski definition) is 2. The van der Waals surface area contributed by atoms with E-state index in [1.807, 2.05) is 6.92 Å². The number of carbonyl (C=O) groups excluding carboxylic acids is 1. The Balaban J connectivity index is 3.63. The van der Waals surface area contributed by atoms with E-state index in [2.05, 4.69) is 13.8 Å². The average Bonchev–Trinajstić information content (AvgIpc) is 1.91. The zero-order valence-electron chi connectivity index (χ0n) is 6.96. The maximum absolute atomic E-state index is 9.93. The van der Waals surface area contributed by atoms with E-state index in [-0.39, 0.29) is 6.10 Å². The van der Waals surface area contributed by atoms with E-state index in [4.69, 9.17) is 4.74 Å². The van der Waals surface area contributed by atoms with E-state index in [0.29, 0.717) is 12.4 Å². The third-order valence-corrected chi connectivity index (χ3v) is 1.98. The molecule has 0 bridgehead atoms. The Labute approximate surface area is 62.6 Å². The van der Waals surface area contributed by atoms with Crippen LogP contribution in [0.1, 0.15) is 33.6 Å². The molecule has 2 nitrogen and oxygen atoms in total. The minimum absolute atomic E-state index is 0.0764. The summed E-state index contributed by atoms with van der Waals surface area (Å²) in [6, 6.07) is 0. The summed E-state index contributed by atoms with van der Waals surface area (Å²) in [6.45, 7) is 6.69. The van der Waals surface area contributed by atoms with Gasteiger partial charge >= 0.3 is 0 Å². The van der Waals surface area contributed by atoms with Crippen molar-refractivity contribution in [3.8, 4) is 0 Å². The summed E-state index contributed by atoms with van der Waals surface area (Å²) in [4.78, 5) is 9.93. The van der Waals surface area contributed by atoms with Crippen LogP contribution in [0, 0.1) is 5.92 Å². The van der Waals surface area contributed by atoms with Gasteiger partial charge in [-0.15, -0.1) is 0 Å². The lowest BCUT2D eigenvalue weighted by Crippen LogP contribution is -2.18. The summed E-state index contributed by atoms with van der Waals surface area (Å²) < 4.78 is 4.81. The maximum atomic E-state index is 9.93. The minimum Gasteiger partial charge on any atom is -0.465 e. The van der Waals surface area contributed by atoms with Crippen LogP contribution in [0.2, 0.25) is 0 Å². The second-order valence-corrected chi connectivity index (χ2v) is 2.51. The smallest absolute Gasteiger partial charge is 0.293 e. The molecule has 1 unspecified atom stereocenters. The number of carbonyl (C=O) groups is 1. The van der Waals surface area contributed by atoms with Gasteiger partial charge in [-0.1, -0.05) is 13.8 Å². The monoisotopic (exact) mass is 144 g/mol. The predicted octanol–water partition coefficient (Wildman–Crippen LogP) is 1.98. The predicted molar refractivity (Wildman–Crippen MR) is 40.7 cm³/mol. The quantitative estimate of drug-likeness (QED) is 0.551. The van der Waals surface area contributed by atoms with Crippen LogP contribution in [0.4, 0.5) is 0 Å². The number of ether oxygens (including phenoxy) is 1. The summed E-state index contributed by atoms with van der Waals surface area (Å²) in [5.41, 5.74) is 0. The van der Waals surface area contributed by atoms with Crippen LogP contribution < -0.4 is 0 Å². The molecule has 1 atom stereocenters. The first-order chi connectivity index (χ1) is 4.76. The van der Waals surface area contributed by atoms with Gasteiger partial charge in [0.15, 0.2) is 0 Å². The van der Waals surface area contributed by atoms with Crippen molar-refractivity contribution in [2.75, 3.05) is 0 Å². The molecule has 0 heterocycles. The molecule has 0 N–H and O–H groups in total. The normalized spacial score (nSPS) is 13.2. The second kappa shape index (κ2) is 5.27. The standard InChI is InChI=1S/C8H16O2/c1-4-8(5-2)7(3)10-6-9/h6-8H,4-5H2,1-3H3. The van der Waals surface area contributed by atoms with Gasteiger partial charge in [-0.05, 0) is 25.7 Å². The van der Waals surface area contributed by atoms with Crippen LogP contribution in [0.25, 0.3) is 0 Å². The Morgan fingerprint density at radius 3 is 2.20 bits per heavy atom. The first kappa shape index (κ1) is 9.47. The van der Waals surface area contributed by atoms with Crippen molar-refractivity contribution in [3.63, 3.8) is 0 Å². The molecule has 0 radical (unpaired) electrons. The maximum Gasteiger partial charge on any atom is 0.293 e. The summed E-state index contributed by atoms with van der Waals surface area (Å²) >= 11 is 0. The second-order valence-electron chi connectivity index (χ2n) is 2.51. The van der Waals surface area contributed by atoms with Crippen LogP contribution in [0.15, 0.2) is 0 Å². The van der Waals surface area contributed by atoms with Crippen LogP contribution in [0.3, 0.4) is 0 Å². The van der Waals surface area contributed by atoms with Gasteiger partial charge < -0.3 is 4.74 Å². The van der Waals surface area contributed by atoms with E-state index in [1.165, 1.54) is 0 Å². The molecule has 0 saturated carbocycles. The van der Waals surface area contributed by atoms with Crippen molar-refractivity contribution in [2.45, 2.75) is 39.7 Å². The lowest BCUT2D eigenvalue weighted by atomic mass is 9.98. The fraction of sp³-hybridized carbons (Fsp3) is 0.875. The van der Waals surface area contributed by atoms with Crippen LogP contribution in [-0.4, -0.2) is 12.6 Å². The van der Waals surface area contributed by atoms with E-state index in [0.717, 1.165) is 12.8 Å². The van der Waals surface area contributed by atoms with E-state index in [9.17, 15) is 4.79 Å². The molecule has 0 amide bonds. The van der Waals surface area contributed by atoms with Gasteiger partial charge in [0.25, 0.3) is 6.47 Å². The zero-order valence-corrected chi connectivity index (χ0v) is 6.96. The van der Waals surface area contributed by atoms with Gasteiger partial charge in [-0.2, -0.15) is 0 Å². The summed E-state index contributed by atoms with van der Waals surface area (Å²) in [5.74, 6) is 0.519. The molecule has 0 rings (SSSR count). The third-order valence-electron chi connectivity index (χ3n) is 1.98. The molecule has 10 heavy (non-hydrogen) atoms. The zero-order chi connectivity index (χ0) is 7.98. The van der Waals surface area contributed by atoms with E-state index in [1.54, 1.807) is 0 Å². The average molecular weight is 144 g/mol. The summed E-state index contributed by atoms with van der Waals surface area (Å²) in [7, 11) is 0. The molecule has 2 heteroatoms. The van der Waals surface area contributed by atoms with Crippen LogP contribution >= 0.6 is 0 Å². The molecule has 0 aromatic heterocycles. The molecule has 0 aromatic carbocycles. The Kier molecular flexibility index (Phi) is 4.99. The largest absolute Gasteiger partial charge is 0.465 e. The highest BCUT2D eigenvalue weighted by molar-refractivity contribution is 5.37. The van der Waals surface area contributed by atoms with Gasteiger partial charge in [0.05, 0.1) is 0 Å². The molecule has 0 aliphatic heterocycles. The Bertz CT molecular complexity index is 87.3. The molecule has 0 aliphatic rings. The van der Waals surface area contributed by atoms with Gasteiger partial charge in [0, 0.05) is 0 Å². The molecule has 0 aliphatic carbocycles. The van der Waals surface area contributed by atoms with Crippen molar-refractivity contribution < 1.29 is 9.53 Å². The van der Waals surface area contributed by atoms with Gasteiger partial charge in [0.1, 0.15) is 6.10 Å². The fourth-order valence-electron chi connectivity index (χ4n) is 1.15. The van der Waals surface area contributed by atoms with Crippen molar-refractivity contribution in [1.29, 1.82) is 0 Å². The third kappa shape index (κ3) is 2.85. The van der Waals surface area contributed by atoms with Crippen molar-refractivity contribution in [2.24, 2.45) is 5.92 Å². The molecule has 60 valence electrons. The Morgan fingerprint density at radius 2 is 1.90 bits per heavy atom.